The summed E-state index contributed by atoms with van der Waals surface area (Å²) in [5.74, 6) is 3.05. The van der Waals surface area contributed by atoms with E-state index in [-0.39, 0.29) is 58.4 Å². The average Bonchev–Trinajstić information content (AvgIpc) is 2.30. The van der Waals surface area contributed by atoms with Crippen molar-refractivity contribution in [3.63, 3.8) is 0 Å². The van der Waals surface area contributed by atoms with Crippen LogP contribution in [0, 0.1) is 29.1 Å². The topological polar surface area (TPSA) is 0 Å². The van der Waals surface area contributed by atoms with Crippen LogP contribution in [0.15, 0.2) is 0 Å². The number of rotatable bonds is 7. The Bertz CT molecular complexity index is 209. The van der Waals surface area contributed by atoms with Gasteiger partial charge < -0.3 is 18.3 Å². The Labute approximate surface area is 214 Å². The van der Waals surface area contributed by atoms with E-state index >= 15 is 0 Å². The Hall–Kier alpha value is 1.87. The van der Waals surface area contributed by atoms with E-state index < -0.39 is 0 Å². The molecule has 0 fully saturated rings. The SMILES string of the molecule is C[C-](C)CC(C)(C)C.C[C-](C)CC(C)(C)C.C[CH-]CCCCCC.[Zn].[Zn].[Zn]. The van der Waals surface area contributed by atoms with Crippen molar-refractivity contribution >= 4 is 0 Å². The van der Waals surface area contributed by atoms with Crippen molar-refractivity contribution in [3.05, 3.63) is 18.3 Å². The Morgan fingerprint density at radius 2 is 0.963 bits per heavy atom. The van der Waals surface area contributed by atoms with E-state index in [1.165, 1.54) is 56.8 Å². The summed E-state index contributed by atoms with van der Waals surface area (Å²) in [4.78, 5) is 0. The fraction of sp³-hybridized carbons (Fsp3) is 0.875. The first-order valence-corrected chi connectivity index (χ1v) is 10.1. The molecule has 0 aliphatic carbocycles. The zero-order valence-corrected chi connectivity index (χ0v) is 30.5. The molecule has 0 spiro atoms. The zero-order chi connectivity index (χ0) is 19.8. The van der Waals surface area contributed by atoms with Gasteiger partial charge in [-0.3, -0.25) is 0 Å². The van der Waals surface area contributed by atoms with Gasteiger partial charge in [-0.15, -0.1) is 0 Å². The van der Waals surface area contributed by atoms with Crippen LogP contribution in [0.3, 0.4) is 0 Å². The van der Waals surface area contributed by atoms with Crippen molar-refractivity contribution in [1.82, 2.24) is 0 Å². The van der Waals surface area contributed by atoms with Crippen molar-refractivity contribution in [2.45, 2.75) is 128 Å². The van der Waals surface area contributed by atoms with Crippen LogP contribution in [-0.2, 0) is 58.4 Å². The number of hydrogen-bond donors (Lipinski definition) is 0. The molecule has 156 valence electrons. The van der Waals surface area contributed by atoms with Gasteiger partial charge in [0.05, 0.1) is 0 Å². The fourth-order valence-electron chi connectivity index (χ4n) is 2.90. The summed E-state index contributed by atoms with van der Waals surface area (Å²) in [7, 11) is 0. The van der Waals surface area contributed by atoms with Gasteiger partial charge in [-0.25, -0.2) is 0 Å². The van der Waals surface area contributed by atoms with Gasteiger partial charge in [0.2, 0.25) is 0 Å². The molecule has 0 radical (unpaired) electrons. The predicted molar refractivity (Wildman–Crippen MR) is 116 cm³/mol. The molecule has 0 heterocycles. The molecule has 27 heavy (non-hydrogen) atoms. The molecule has 0 aliphatic rings. The molecule has 0 bridgehead atoms. The van der Waals surface area contributed by atoms with Crippen LogP contribution in [0.2, 0.25) is 0 Å². The van der Waals surface area contributed by atoms with E-state index in [9.17, 15) is 0 Å². The molecule has 0 N–H and O–H groups in total. The van der Waals surface area contributed by atoms with Gasteiger partial charge in [0, 0.05) is 58.4 Å². The molecule has 0 aromatic rings. The van der Waals surface area contributed by atoms with E-state index in [0.29, 0.717) is 10.8 Å². The smallest absolute Gasteiger partial charge is 0 e. The molecule has 0 unspecified atom stereocenters. The third kappa shape index (κ3) is 65.5. The summed E-state index contributed by atoms with van der Waals surface area (Å²) < 4.78 is 0. The summed E-state index contributed by atoms with van der Waals surface area (Å²) in [6.45, 7) is 26.7. The van der Waals surface area contributed by atoms with Crippen molar-refractivity contribution in [1.29, 1.82) is 0 Å². The Morgan fingerprint density at radius 1 is 0.630 bits per heavy atom. The van der Waals surface area contributed by atoms with Gasteiger partial charge in [0.25, 0.3) is 0 Å². The van der Waals surface area contributed by atoms with E-state index in [4.69, 9.17) is 0 Å². The van der Waals surface area contributed by atoms with E-state index in [1.807, 2.05) is 0 Å². The van der Waals surface area contributed by atoms with Crippen molar-refractivity contribution < 1.29 is 58.4 Å². The van der Waals surface area contributed by atoms with Crippen LogP contribution in [0.1, 0.15) is 128 Å². The van der Waals surface area contributed by atoms with Crippen LogP contribution in [0.25, 0.3) is 0 Å². The largest absolute Gasteiger partial charge is 0.332 e. The van der Waals surface area contributed by atoms with Gasteiger partial charge >= 0.3 is 0 Å². The quantitative estimate of drug-likeness (QED) is 0.173. The molecular formula is C24H51Zn3-3. The monoisotopic (exact) mass is 531 g/mol. The van der Waals surface area contributed by atoms with Crippen molar-refractivity contribution in [3.8, 4) is 0 Å². The molecule has 0 rings (SSSR count). The summed E-state index contributed by atoms with van der Waals surface area (Å²) in [6, 6.07) is 0. The van der Waals surface area contributed by atoms with Crippen LogP contribution >= 0.6 is 0 Å². The van der Waals surface area contributed by atoms with Crippen LogP contribution in [0.4, 0.5) is 0 Å². The van der Waals surface area contributed by atoms with Gasteiger partial charge in [-0.2, -0.15) is 53.9 Å². The number of hydrogen-bond acceptors (Lipinski definition) is 0. The molecule has 0 nitrogen and oxygen atoms in total. The molecule has 0 amide bonds. The summed E-state index contributed by atoms with van der Waals surface area (Å²) >= 11 is 0. The van der Waals surface area contributed by atoms with Gasteiger partial charge in [-0.05, 0) is 0 Å². The summed E-state index contributed by atoms with van der Waals surface area (Å²) in [5.41, 5.74) is 0.970. The normalized spacial score (nSPS) is 10.4. The minimum atomic E-state index is 0. The van der Waals surface area contributed by atoms with Crippen LogP contribution < -0.4 is 0 Å². The summed E-state index contributed by atoms with van der Waals surface area (Å²) in [5, 5.41) is 0. The third-order valence-corrected chi connectivity index (χ3v) is 3.11. The predicted octanol–water partition coefficient (Wildman–Crippen LogP) is 9.25. The Morgan fingerprint density at radius 3 is 1.11 bits per heavy atom. The Balaban J connectivity index is -0.0000000580. The zero-order valence-electron chi connectivity index (χ0n) is 21.6. The second kappa shape index (κ2) is 25.9. The van der Waals surface area contributed by atoms with E-state index in [0.717, 1.165) is 0 Å². The average molecular weight is 536 g/mol. The minimum Gasteiger partial charge on any atom is -0.332 e. The second-order valence-electron chi connectivity index (χ2n) is 10.1. The van der Waals surface area contributed by atoms with Crippen LogP contribution in [0.5, 0.6) is 0 Å². The maximum Gasteiger partial charge on any atom is 0 e. The minimum absolute atomic E-state index is 0. The maximum absolute atomic E-state index is 2.26. The third-order valence-electron chi connectivity index (χ3n) is 3.11. The van der Waals surface area contributed by atoms with Gasteiger partial charge in [0.15, 0.2) is 0 Å². The van der Waals surface area contributed by atoms with Gasteiger partial charge in [0.1, 0.15) is 0 Å². The van der Waals surface area contributed by atoms with Crippen molar-refractivity contribution in [2.24, 2.45) is 10.8 Å². The fourth-order valence-corrected chi connectivity index (χ4v) is 2.90. The molecule has 0 saturated carbocycles. The molecule has 0 aliphatic heterocycles. The molecule has 0 atom stereocenters. The second-order valence-corrected chi connectivity index (χ2v) is 10.1. The maximum atomic E-state index is 2.26. The molecule has 0 aromatic carbocycles. The van der Waals surface area contributed by atoms with Crippen LogP contribution in [-0.4, -0.2) is 0 Å². The van der Waals surface area contributed by atoms with Gasteiger partial charge in [-0.1, -0.05) is 85.0 Å². The molecule has 3 heteroatoms. The molecule has 0 saturated heterocycles. The van der Waals surface area contributed by atoms with E-state index in [1.54, 1.807) is 0 Å². The standard InChI is InChI=1S/3C8H17.3Zn/c2*1-7(2)6-8(3,4)5;1-3-5-7-8-6-4-2;;;/h2*6H2,1-5H3;3H,4-8H2,1-2H3;;;/q3*-1;;;. The van der Waals surface area contributed by atoms with Crippen molar-refractivity contribution in [2.75, 3.05) is 0 Å². The Kier molecular flexibility index (Phi) is 41.1. The molecular weight excluding hydrogens is 484 g/mol. The first-order chi connectivity index (χ1) is 10.7. The first-order valence-electron chi connectivity index (χ1n) is 10.1. The van der Waals surface area contributed by atoms with E-state index in [2.05, 4.69) is 89.5 Å². The first kappa shape index (κ1) is 42.9. The number of unbranched alkanes of at least 4 members (excludes halogenated alkanes) is 5. The summed E-state index contributed by atoms with van der Waals surface area (Å²) in [6.07, 6.45) is 11.6. The molecule has 0 aromatic heterocycles.